The third-order valence-corrected chi connectivity index (χ3v) is 5.02. The lowest BCUT2D eigenvalue weighted by Crippen LogP contribution is -2.38. The third-order valence-electron chi connectivity index (χ3n) is 5.02. The minimum absolute atomic E-state index is 0.781. The van der Waals surface area contributed by atoms with Gasteiger partial charge >= 0.3 is 0 Å². The Hall–Kier alpha value is -1.48. The molecule has 3 nitrogen and oxygen atoms in total. The van der Waals surface area contributed by atoms with Crippen LogP contribution in [0.1, 0.15) is 42.7 Å². The second-order valence-electron chi connectivity index (χ2n) is 6.27. The highest BCUT2D eigenvalue weighted by atomic mass is 15.2. The molecule has 5 rings (SSSR count). The van der Waals surface area contributed by atoms with Gasteiger partial charge in [-0.05, 0) is 62.3 Å². The summed E-state index contributed by atoms with van der Waals surface area (Å²) in [5, 5.41) is 1.47. The Balaban J connectivity index is 1.73. The van der Waals surface area contributed by atoms with E-state index in [0.29, 0.717) is 0 Å². The number of fused-ring (bicyclic) bond motifs is 3. The van der Waals surface area contributed by atoms with E-state index in [-0.39, 0.29) is 0 Å². The standard InChI is InChI=1S/C17H23N3/c18-8-2-1-3-12-4-5-15-14(11-12)16-13-6-9-20(10-7-13)17(16)19-15/h4-5,11,13,19H,1-3,6-10,18H2. The molecule has 1 saturated heterocycles. The highest BCUT2D eigenvalue weighted by Gasteiger charge is 2.33. The number of unbranched alkanes of at least 4 members (excludes halogenated alkanes) is 1. The van der Waals surface area contributed by atoms with Crippen LogP contribution in [-0.2, 0) is 6.42 Å². The topological polar surface area (TPSA) is 45.1 Å². The van der Waals surface area contributed by atoms with Crippen molar-refractivity contribution < 1.29 is 0 Å². The Labute approximate surface area is 120 Å². The van der Waals surface area contributed by atoms with E-state index in [2.05, 4.69) is 28.1 Å². The molecule has 3 aliphatic rings. The van der Waals surface area contributed by atoms with Crippen molar-refractivity contribution in [1.29, 1.82) is 0 Å². The molecule has 0 atom stereocenters. The number of hydrogen-bond donors (Lipinski definition) is 2. The summed E-state index contributed by atoms with van der Waals surface area (Å²) in [4.78, 5) is 6.18. The van der Waals surface area contributed by atoms with Gasteiger partial charge in [0.15, 0.2) is 0 Å². The maximum atomic E-state index is 5.59. The van der Waals surface area contributed by atoms with Crippen LogP contribution < -0.4 is 10.6 Å². The molecular formula is C17H23N3. The molecule has 1 aromatic heterocycles. The van der Waals surface area contributed by atoms with Gasteiger partial charge in [-0.15, -0.1) is 0 Å². The van der Waals surface area contributed by atoms with E-state index in [9.17, 15) is 0 Å². The van der Waals surface area contributed by atoms with Crippen LogP contribution in [0.5, 0.6) is 0 Å². The van der Waals surface area contributed by atoms with Gasteiger partial charge in [-0.2, -0.15) is 0 Å². The first-order chi connectivity index (χ1) is 9.86. The molecule has 3 heteroatoms. The summed E-state index contributed by atoms with van der Waals surface area (Å²) in [6, 6.07) is 6.97. The number of anilines is 1. The van der Waals surface area contributed by atoms with Crippen molar-refractivity contribution in [3.05, 3.63) is 29.3 Å². The SMILES string of the molecule is NCCCCc1ccc2[nH]c3c(c2c1)C1CCN3CC1. The van der Waals surface area contributed by atoms with Crippen LogP contribution in [0.15, 0.2) is 18.2 Å². The molecule has 20 heavy (non-hydrogen) atoms. The van der Waals surface area contributed by atoms with Gasteiger partial charge in [0, 0.05) is 29.6 Å². The smallest absolute Gasteiger partial charge is 0.110 e. The Morgan fingerprint density at radius 3 is 2.85 bits per heavy atom. The molecule has 0 amide bonds. The maximum Gasteiger partial charge on any atom is 0.110 e. The molecule has 3 N–H and O–H groups in total. The second-order valence-corrected chi connectivity index (χ2v) is 6.27. The number of nitrogens with zero attached hydrogens (tertiary/aromatic N) is 1. The fraction of sp³-hybridized carbons (Fsp3) is 0.529. The number of benzene rings is 1. The molecule has 1 fully saturated rings. The second kappa shape index (κ2) is 4.81. The Bertz CT molecular complexity index is 620. The van der Waals surface area contributed by atoms with Gasteiger partial charge in [0.05, 0.1) is 0 Å². The lowest BCUT2D eigenvalue weighted by Gasteiger charge is -2.40. The maximum absolute atomic E-state index is 5.59. The summed E-state index contributed by atoms with van der Waals surface area (Å²) in [6.07, 6.45) is 6.14. The van der Waals surface area contributed by atoms with Crippen LogP contribution in [0.4, 0.5) is 5.82 Å². The lowest BCUT2D eigenvalue weighted by atomic mass is 9.84. The molecule has 106 valence electrons. The minimum Gasteiger partial charge on any atom is -0.358 e. The van der Waals surface area contributed by atoms with Gasteiger partial charge in [0.25, 0.3) is 0 Å². The van der Waals surface area contributed by atoms with E-state index in [1.54, 1.807) is 5.56 Å². The molecule has 0 saturated carbocycles. The number of aryl methyl sites for hydroxylation is 1. The number of nitrogens with one attached hydrogen (secondary N) is 1. The summed E-state index contributed by atoms with van der Waals surface area (Å²) in [5.74, 6) is 2.18. The Morgan fingerprint density at radius 2 is 2.05 bits per heavy atom. The molecule has 3 aliphatic heterocycles. The van der Waals surface area contributed by atoms with E-state index in [0.717, 1.165) is 25.3 Å². The van der Waals surface area contributed by atoms with Crippen LogP contribution in [-0.4, -0.2) is 24.6 Å². The van der Waals surface area contributed by atoms with Gasteiger partial charge in [-0.25, -0.2) is 0 Å². The quantitative estimate of drug-likeness (QED) is 0.838. The monoisotopic (exact) mass is 269 g/mol. The first-order valence-electron chi connectivity index (χ1n) is 7.96. The molecule has 0 unspecified atom stereocenters. The third kappa shape index (κ3) is 1.84. The predicted molar refractivity (Wildman–Crippen MR) is 84.5 cm³/mol. The zero-order valence-corrected chi connectivity index (χ0v) is 12.0. The van der Waals surface area contributed by atoms with E-state index >= 15 is 0 Å². The van der Waals surface area contributed by atoms with Gasteiger partial charge < -0.3 is 15.6 Å². The van der Waals surface area contributed by atoms with Crippen LogP contribution in [0.25, 0.3) is 10.9 Å². The van der Waals surface area contributed by atoms with Gasteiger partial charge in [-0.3, -0.25) is 0 Å². The summed E-state index contributed by atoms with van der Waals surface area (Å²) in [7, 11) is 0. The molecule has 1 aromatic carbocycles. The van der Waals surface area contributed by atoms with Crippen molar-refractivity contribution in [1.82, 2.24) is 4.98 Å². The molecule has 0 radical (unpaired) electrons. The number of aromatic amines is 1. The summed E-state index contributed by atoms with van der Waals surface area (Å²) < 4.78 is 0. The van der Waals surface area contributed by atoms with Crippen molar-refractivity contribution in [2.45, 2.75) is 38.0 Å². The van der Waals surface area contributed by atoms with Crippen molar-refractivity contribution in [3.63, 3.8) is 0 Å². The largest absolute Gasteiger partial charge is 0.358 e. The van der Waals surface area contributed by atoms with E-state index in [1.807, 2.05) is 0 Å². The van der Waals surface area contributed by atoms with Crippen LogP contribution >= 0.6 is 0 Å². The van der Waals surface area contributed by atoms with Crippen LogP contribution in [0.3, 0.4) is 0 Å². The zero-order chi connectivity index (χ0) is 13.5. The molecule has 4 heterocycles. The lowest BCUT2D eigenvalue weighted by molar-refractivity contribution is 0.475. The minimum atomic E-state index is 0.781. The van der Waals surface area contributed by atoms with Gasteiger partial charge in [-0.1, -0.05) is 6.07 Å². The van der Waals surface area contributed by atoms with Crippen molar-refractivity contribution in [2.24, 2.45) is 5.73 Å². The highest BCUT2D eigenvalue weighted by Crippen LogP contribution is 2.45. The normalized spacial score (nSPS) is 17.9. The van der Waals surface area contributed by atoms with Crippen molar-refractivity contribution in [2.75, 3.05) is 24.5 Å². The van der Waals surface area contributed by atoms with Crippen LogP contribution in [0, 0.1) is 0 Å². The highest BCUT2D eigenvalue weighted by molar-refractivity contribution is 5.91. The summed E-state index contributed by atoms with van der Waals surface area (Å²) in [5.41, 5.74) is 9.96. The molecule has 2 bridgehead atoms. The average molecular weight is 269 g/mol. The number of nitrogens with two attached hydrogens (primary N) is 1. The summed E-state index contributed by atoms with van der Waals surface area (Å²) in [6.45, 7) is 3.26. The first kappa shape index (κ1) is 12.3. The number of rotatable bonds is 4. The van der Waals surface area contributed by atoms with Crippen molar-refractivity contribution in [3.8, 4) is 0 Å². The van der Waals surface area contributed by atoms with Crippen molar-refractivity contribution >= 4 is 16.7 Å². The Morgan fingerprint density at radius 1 is 1.20 bits per heavy atom. The zero-order valence-electron chi connectivity index (χ0n) is 12.0. The Kier molecular flexibility index (Phi) is 2.95. The average Bonchev–Trinajstić information content (AvgIpc) is 2.89. The fourth-order valence-electron chi connectivity index (χ4n) is 3.93. The number of H-pyrrole nitrogens is 1. The van der Waals surface area contributed by atoms with Gasteiger partial charge in [0.1, 0.15) is 5.82 Å². The van der Waals surface area contributed by atoms with Crippen LogP contribution in [0.2, 0.25) is 0 Å². The summed E-state index contributed by atoms with van der Waals surface area (Å²) >= 11 is 0. The van der Waals surface area contributed by atoms with E-state index < -0.39 is 0 Å². The molecular weight excluding hydrogens is 246 g/mol. The fourth-order valence-corrected chi connectivity index (χ4v) is 3.93. The first-order valence-corrected chi connectivity index (χ1v) is 7.96. The molecule has 0 aliphatic carbocycles. The molecule has 0 spiro atoms. The number of piperidine rings is 1. The van der Waals surface area contributed by atoms with E-state index in [4.69, 9.17) is 5.73 Å². The van der Waals surface area contributed by atoms with Gasteiger partial charge in [0.2, 0.25) is 0 Å². The number of aromatic nitrogens is 1. The van der Waals surface area contributed by atoms with E-state index in [1.165, 1.54) is 54.6 Å². The molecule has 2 aromatic rings. The predicted octanol–water partition coefficient (Wildman–Crippen LogP) is 3.15. The number of hydrogen-bond acceptors (Lipinski definition) is 2.